The molecular weight excluding hydrogens is 162 g/mol. The lowest BCUT2D eigenvalue weighted by atomic mass is 9.85. The second-order valence-electron chi connectivity index (χ2n) is 5.63. The van der Waals surface area contributed by atoms with Crippen molar-refractivity contribution in [3.8, 4) is 0 Å². The van der Waals surface area contributed by atoms with Gasteiger partial charge in [-0.05, 0) is 32.1 Å². The van der Waals surface area contributed by atoms with Gasteiger partial charge in [0, 0.05) is 12.5 Å². The average Bonchev–Trinajstić information content (AvgIpc) is 1.79. The third kappa shape index (κ3) is 7.82. The van der Waals surface area contributed by atoms with E-state index in [9.17, 15) is 4.79 Å². The largest absolute Gasteiger partial charge is 0.351 e. The lowest BCUT2D eigenvalue weighted by Gasteiger charge is -2.29. The zero-order chi connectivity index (χ0) is 10.7. The minimum Gasteiger partial charge on any atom is -0.351 e. The molecule has 0 saturated heterocycles. The maximum absolute atomic E-state index is 10.9. The molecule has 0 atom stereocenters. The van der Waals surface area contributed by atoms with E-state index < -0.39 is 0 Å². The summed E-state index contributed by atoms with van der Waals surface area (Å²) in [6.45, 7) is 12.4. The molecule has 0 aromatic carbocycles. The van der Waals surface area contributed by atoms with Gasteiger partial charge in [0.2, 0.25) is 5.91 Å². The smallest absolute Gasteiger partial charge is 0.217 e. The maximum Gasteiger partial charge on any atom is 0.217 e. The zero-order valence-corrected chi connectivity index (χ0v) is 9.82. The van der Waals surface area contributed by atoms with Gasteiger partial charge in [-0.25, -0.2) is 0 Å². The molecule has 2 nitrogen and oxygen atoms in total. The third-order valence-electron chi connectivity index (χ3n) is 2.01. The summed E-state index contributed by atoms with van der Waals surface area (Å²) in [5.74, 6) is 0.0545. The number of amides is 1. The molecule has 0 aliphatic heterocycles. The van der Waals surface area contributed by atoms with E-state index in [2.05, 4.69) is 39.9 Å². The highest BCUT2D eigenvalue weighted by Gasteiger charge is 2.21. The molecule has 0 aliphatic carbocycles. The fourth-order valence-corrected chi connectivity index (χ4v) is 1.23. The maximum atomic E-state index is 10.9. The van der Waals surface area contributed by atoms with Gasteiger partial charge in [-0.1, -0.05) is 20.8 Å². The van der Waals surface area contributed by atoms with Crippen LogP contribution in [0.1, 0.15) is 54.4 Å². The minimum absolute atomic E-state index is 0.0545. The average molecular weight is 185 g/mol. The molecule has 0 aromatic rings. The summed E-state index contributed by atoms with van der Waals surface area (Å²) in [4.78, 5) is 10.9. The van der Waals surface area contributed by atoms with Crippen molar-refractivity contribution in [2.24, 2.45) is 5.41 Å². The summed E-state index contributed by atoms with van der Waals surface area (Å²) in [5.41, 5.74) is 0.273. The molecule has 0 heterocycles. The van der Waals surface area contributed by atoms with E-state index in [0.29, 0.717) is 5.41 Å². The summed E-state index contributed by atoms with van der Waals surface area (Å²) < 4.78 is 0. The Hall–Kier alpha value is -0.530. The Kier molecular flexibility index (Phi) is 3.95. The van der Waals surface area contributed by atoms with Crippen LogP contribution >= 0.6 is 0 Å². The molecule has 0 aliphatic rings. The van der Waals surface area contributed by atoms with Crippen LogP contribution in [0.4, 0.5) is 0 Å². The topological polar surface area (TPSA) is 29.1 Å². The molecule has 0 bridgehead atoms. The van der Waals surface area contributed by atoms with Crippen LogP contribution < -0.4 is 5.32 Å². The summed E-state index contributed by atoms with van der Waals surface area (Å²) >= 11 is 0. The SMILES string of the molecule is CC(=O)NC(C)(C)CCC(C)(C)C. The zero-order valence-electron chi connectivity index (χ0n) is 9.82. The van der Waals surface area contributed by atoms with E-state index in [1.807, 2.05) is 0 Å². The van der Waals surface area contributed by atoms with Crippen molar-refractivity contribution in [1.82, 2.24) is 5.32 Å². The Morgan fingerprint density at radius 2 is 1.54 bits per heavy atom. The Morgan fingerprint density at radius 1 is 1.08 bits per heavy atom. The van der Waals surface area contributed by atoms with Crippen molar-refractivity contribution in [2.45, 2.75) is 59.9 Å². The molecule has 0 spiro atoms. The van der Waals surface area contributed by atoms with Crippen LogP contribution in [0.2, 0.25) is 0 Å². The number of hydrogen-bond acceptors (Lipinski definition) is 1. The number of carbonyl (C=O) groups excluding carboxylic acids is 1. The first kappa shape index (κ1) is 12.5. The Morgan fingerprint density at radius 3 is 1.85 bits per heavy atom. The minimum atomic E-state index is -0.0703. The number of rotatable bonds is 3. The summed E-state index contributed by atoms with van der Waals surface area (Å²) in [6, 6.07) is 0. The first-order chi connectivity index (χ1) is 5.62. The van der Waals surface area contributed by atoms with Crippen LogP contribution in [0.5, 0.6) is 0 Å². The van der Waals surface area contributed by atoms with Crippen molar-refractivity contribution in [3.05, 3.63) is 0 Å². The molecule has 0 saturated carbocycles. The standard InChI is InChI=1S/C11H23NO/c1-9(13)12-11(5,6)8-7-10(2,3)4/h7-8H2,1-6H3,(H,12,13). The highest BCUT2D eigenvalue weighted by molar-refractivity contribution is 5.73. The van der Waals surface area contributed by atoms with Gasteiger partial charge in [0.15, 0.2) is 0 Å². The van der Waals surface area contributed by atoms with Crippen LogP contribution in [-0.2, 0) is 4.79 Å². The Balaban J connectivity index is 3.96. The Bertz CT molecular complexity index is 177. The summed E-state index contributed by atoms with van der Waals surface area (Å²) in [6.07, 6.45) is 2.15. The van der Waals surface area contributed by atoms with Crippen molar-refractivity contribution in [3.63, 3.8) is 0 Å². The molecule has 0 radical (unpaired) electrons. The molecule has 0 rings (SSSR count). The molecule has 2 heteroatoms. The highest BCUT2D eigenvalue weighted by atomic mass is 16.1. The van der Waals surface area contributed by atoms with E-state index in [4.69, 9.17) is 0 Å². The monoisotopic (exact) mass is 185 g/mol. The van der Waals surface area contributed by atoms with Gasteiger partial charge in [-0.3, -0.25) is 4.79 Å². The first-order valence-electron chi connectivity index (χ1n) is 4.91. The van der Waals surface area contributed by atoms with Gasteiger partial charge in [0.25, 0.3) is 0 Å². The quantitative estimate of drug-likeness (QED) is 0.719. The van der Waals surface area contributed by atoms with Crippen molar-refractivity contribution in [2.75, 3.05) is 0 Å². The lowest BCUT2D eigenvalue weighted by molar-refractivity contribution is -0.120. The second kappa shape index (κ2) is 4.12. The van der Waals surface area contributed by atoms with Crippen LogP contribution in [0, 0.1) is 5.41 Å². The lowest BCUT2D eigenvalue weighted by Crippen LogP contribution is -2.42. The van der Waals surface area contributed by atoms with Crippen molar-refractivity contribution >= 4 is 5.91 Å². The van der Waals surface area contributed by atoms with E-state index in [0.717, 1.165) is 12.8 Å². The van der Waals surface area contributed by atoms with E-state index in [1.165, 1.54) is 0 Å². The molecule has 1 N–H and O–H groups in total. The van der Waals surface area contributed by atoms with E-state index in [1.54, 1.807) is 6.92 Å². The molecule has 0 unspecified atom stereocenters. The molecule has 78 valence electrons. The van der Waals surface area contributed by atoms with E-state index >= 15 is 0 Å². The van der Waals surface area contributed by atoms with Gasteiger partial charge in [-0.15, -0.1) is 0 Å². The molecular formula is C11H23NO. The van der Waals surface area contributed by atoms with Crippen LogP contribution in [0.25, 0.3) is 0 Å². The highest BCUT2D eigenvalue weighted by Crippen LogP contribution is 2.25. The normalized spacial score (nSPS) is 12.8. The number of nitrogens with one attached hydrogen (secondary N) is 1. The van der Waals surface area contributed by atoms with Crippen LogP contribution in [0.3, 0.4) is 0 Å². The van der Waals surface area contributed by atoms with Gasteiger partial charge in [0.05, 0.1) is 0 Å². The third-order valence-corrected chi connectivity index (χ3v) is 2.01. The summed E-state index contributed by atoms with van der Waals surface area (Å²) in [5, 5.41) is 2.95. The van der Waals surface area contributed by atoms with Crippen LogP contribution in [0.15, 0.2) is 0 Å². The van der Waals surface area contributed by atoms with Gasteiger partial charge < -0.3 is 5.32 Å². The van der Waals surface area contributed by atoms with E-state index in [-0.39, 0.29) is 11.4 Å². The fourth-order valence-electron chi connectivity index (χ4n) is 1.23. The Labute approximate surface area is 82.1 Å². The van der Waals surface area contributed by atoms with Gasteiger partial charge in [-0.2, -0.15) is 0 Å². The molecule has 1 amide bonds. The molecule has 0 aromatic heterocycles. The van der Waals surface area contributed by atoms with Crippen LogP contribution in [-0.4, -0.2) is 11.4 Å². The predicted molar refractivity (Wildman–Crippen MR) is 56.6 cm³/mol. The van der Waals surface area contributed by atoms with Gasteiger partial charge >= 0.3 is 0 Å². The van der Waals surface area contributed by atoms with Crippen molar-refractivity contribution < 1.29 is 4.79 Å². The first-order valence-corrected chi connectivity index (χ1v) is 4.91. The van der Waals surface area contributed by atoms with Crippen molar-refractivity contribution in [1.29, 1.82) is 0 Å². The number of hydrogen-bond donors (Lipinski definition) is 1. The second-order valence-corrected chi connectivity index (χ2v) is 5.63. The van der Waals surface area contributed by atoms with Gasteiger partial charge in [0.1, 0.15) is 0 Å². The fraction of sp³-hybridized carbons (Fsp3) is 0.909. The summed E-state index contributed by atoms with van der Waals surface area (Å²) in [7, 11) is 0. The number of carbonyl (C=O) groups is 1. The molecule has 13 heavy (non-hydrogen) atoms. The molecule has 0 fully saturated rings. The predicted octanol–water partition coefficient (Wildman–Crippen LogP) is 2.73.